The number of likely N-dealkylation sites (N-methyl/N-ethyl adjacent to an activating group) is 1. The van der Waals surface area contributed by atoms with Crippen molar-refractivity contribution >= 4 is 11.8 Å². The molecule has 0 aromatic carbocycles. The summed E-state index contributed by atoms with van der Waals surface area (Å²) in [7, 11) is 0. The highest BCUT2D eigenvalue weighted by atomic mass is 16.2. The first kappa shape index (κ1) is 15.7. The average Bonchev–Trinajstić information content (AvgIpc) is 3.02. The molecule has 1 atom stereocenters. The Hall–Kier alpha value is -1.66. The van der Waals surface area contributed by atoms with E-state index in [-0.39, 0.29) is 18.4 Å². The lowest BCUT2D eigenvalue weighted by molar-refractivity contribution is -0.121. The van der Waals surface area contributed by atoms with Crippen LogP contribution in [0.3, 0.4) is 0 Å². The van der Waals surface area contributed by atoms with Crippen molar-refractivity contribution in [2.75, 3.05) is 26.2 Å². The van der Waals surface area contributed by atoms with E-state index >= 15 is 0 Å². The zero-order chi connectivity index (χ0) is 15.1. The van der Waals surface area contributed by atoms with Gasteiger partial charge in [0, 0.05) is 18.8 Å². The molecule has 2 heterocycles. The third-order valence-electron chi connectivity index (χ3n) is 3.80. The third-order valence-corrected chi connectivity index (χ3v) is 3.80. The minimum atomic E-state index is -0.378. The minimum absolute atomic E-state index is 0.251. The van der Waals surface area contributed by atoms with Crippen LogP contribution in [-0.2, 0) is 4.79 Å². The van der Waals surface area contributed by atoms with Gasteiger partial charge in [0.25, 0.3) is 5.91 Å². The average molecular weight is 292 g/mol. The van der Waals surface area contributed by atoms with Gasteiger partial charge in [-0.1, -0.05) is 13.3 Å². The molecule has 1 aliphatic heterocycles. The normalized spacial score (nSPS) is 18.7. The number of rotatable bonds is 6. The molecule has 1 unspecified atom stereocenters. The molecule has 0 bridgehead atoms. The zero-order valence-electron chi connectivity index (χ0n) is 12.5. The van der Waals surface area contributed by atoms with E-state index in [1.54, 1.807) is 18.3 Å². The van der Waals surface area contributed by atoms with Crippen molar-refractivity contribution in [3.63, 3.8) is 0 Å². The van der Waals surface area contributed by atoms with Crippen LogP contribution < -0.4 is 10.6 Å². The molecule has 1 fully saturated rings. The van der Waals surface area contributed by atoms with E-state index in [1.807, 2.05) is 6.92 Å². The van der Waals surface area contributed by atoms with E-state index in [2.05, 4.69) is 20.5 Å². The lowest BCUT2D eigenvalue weighted by Crippen LogP contribution is -2.47. The molecule has 1 saturated heterocycles. The molecular formula is C15H24N4O2. The monoisotopic (exact) mass is 292 g/mol. The van der Waals surface area contributed by atoms with Gasteiger partial charge in [-0.05, 0) is 38.1 Å². The lowest BCUT2D eigenvalue weighted by atomic mass is 10.0. The summed E-state index contributed by atoms with van der Waals surface area (Å²) < 4.78 is 0. The van der Waals surface area contributed by atoms with Crippen molar-refractivity contribution < 1.29 is 9.59 Å². The molecule has 1 aromatic heterocycles. The van der Waals surface area contributed by atoms with Crippen molar-refractivity contribution in [3.05, 3.63) is 24.0 Å². The predicted molar refractivity (Wildman–Crippen MR) is 81.0 cm³/mol. The van der Waals surface area contributed by atoms with Crippen molar-refractivity contribution in [3.8, 4) is 0 Å². The molecule has 21 heavy (non-hydrogen) atoms. The lowest BCUT2D eigenvalue weighted by Gasteiger charge is -2.29. The van der Waals surface area contributed by atoms with Gasteiger partial charge in [0.15, 0.2) is 0 Å². The fraction of sp³-hybridized carbons (Fsp3) is 0.600. The highest BCUT2D eigenvalue weighted by Gasteiger charge is 2.18. The summed E-state index contributed by atoms with van der Waals surface area (Å²) in [5.41, 5.74) is 0.403. The number of aromatic amines is 1. The van der Waals surface area contributed by atoms with E-state index in [4.69, 9.17) is 0 Å². The summed E-state index contributed by atoms with van der Waals surface area (Å²) in [6.07, 6.45) is 5.28. The largest absolute Gasteiger partial charge is 0.357 e. The number of hydrogen-bond acceptors (Lipinski definition) is 4. The number of imide groups is 1. The molecule has 0 spiro atoms. The van der Waals surface area contributed by atoms with Gasteiger partial charge in [0.05, 0.1) is 6.54 Å². The number of carbonyl (C=O) groups excluding carboxylic acids is 2. The molecular weight excluding hydrogens is 268 g/mol. The predicted octanol–water partition coefficient (Wildman–Crippen LogP) is 0.735. The maximum Gasteiger partial charge on any atom is 0.274 e. The van der Waals surface area contributed by atoms with E-state index in [1.165, 1.54) is 12.8 Å². The van der Waals surface area contributed by atoms with Crippen molar-refractivity contribution in [2.24, 2.45) is 0 Å². The molecule has 0 radical (unpaired) electrons. The molecule has 6 heteroatoms. The van der Waals surface area contributed by atoms with E-state index in [0.717, 1.165) is 26.1 Å². The quantitative estimate of drug-likeness (QED) is 0.722. The molecule has 2 rings (SSSR count). The van der Waals surface area contributed by atoms with E-state index < -0.39 is 0 Å². The number of amides is 2. The van der Waals surface area contributed by atoms with E-state index in [0.29, 0.717) is 11.7 Å². The number of nitrogens with zero attached hydrogens (tertiary/aromatic N) is 1. The summed E-state index contributed by atoms with van der Waals surface area (Å²) >= 11 is 0. The molecule has 1 aromatic rings. The second kappa shape index (κ2) is 7.95. The Labute approximate surface area is 125 Å². The van der Waals surface area contributed by atoms with E-state index in [9.17, 15) is 9.59 Å². The Bertz CT molecular complexity index is 452. The number of aromatic nitrogens is 1. The van der Waals surface area contributed by atoms with Crippen LogP contribution in [0.5, 0.6) is 0 Å². The van der Waals surface area contributed by atoms with Crippen LogP contribution in [0.25, 0.3) is 0 Å². The van der Waals surface area contributed by atoms with Gasteiger partial charge in [0.1, 0.15) is 5.69 Å². The Morgan fingerprint density at radius 2 is 2.29 bits per heavy atom. The maximum atomic E-state index is 12.0. The van der Waals surface area contributed by atoms with Crippen LogP contribution in [0.4, 0.5) is 0 Å². The summed E-state index contributed by atoms with van der Waals surface area (Å²) in [6.45, 7) is 4.98. The van der Waals surface area contributed by atoms with Crippen LogP contribution in [0.1, 0.15) is 36.7 Å². The molecule has 0 aliphatic carbocycles. The SMILES string of the molecule is CCN(CC(=O)NC(=O)c1ccc[nH]1)CC1CCCCN1. The molecule has 6 nitrogen and oxygen atoms in total. The molecule has 2 amide bonds. The fourth-order valence-corrected chi connectivity index (χ4v) is 2.61. The smallest absolute Gasteiger partial charge is 0.274 e. The Kier molecular flexibility index (Phi) is 5.95. The zero-order valence-corrected chi connectivity index (χ0v) is 12.5. The highest BCUT2D eigenvalue weighted by molar-refractivity contribution is 6.04. The van der Waals surface area contributed by atoms with Gasteiger partial charge in [-0.25, -0.2) is 0 Å². The Morgan fingerprint density at radius 1 is 1.43 bits per heavy atom. The minimum Gasteiger partial charge on any atom is -0.357 e. The standard InChI is InChI=1S/C15H24N4O2/c1-2-19(10-12-6-3-4-8-16-12)11-14(20)18-15(21)13-7-5-9-17-13/h5,7,9,12,16-17H,2-4,6,8,10-11H2,1H3,(H,18,20,21). The molecule has 116 valence electrons. The second-order valence-electron chi connectivity index (χ2n) is 5.44. The van der Waals surface area contributed by atoms with Crippen LogP contribution in [0.15, 0.2) is 18.3 Å². The highest BCUT2D eigenvalue weighted by Crippen LogP contribution is 2.08. The van der Waals surface area contributed by atoms with Crippen LogP contribution >= 0.6 is 0 Å². The molecule has 1 aliphatic rings. The van der Waals surface area contributed by atoms with Crippen LogP contribution in [0.2, 0.25) is 0 Å². The summed E-state index contributed by atoms with van der Waals surface area (Å²) in [4.78, 5) is 28.6. The van der Waals surface area contributed by atoms with Gasteiger partial charge in [-0.2, -0.15) is 0 Å². The topological polar surface area (TPSA) is 77.2 Å². The van der Waals surface area contributed by atoms with Gasteiger partial charge < -0.3 is 10.3 Å². The summed E-state index contributed by atoms with van der Waals surface area (Å²) in [6, 6.07) is 3.82. The molecule has 3 N–H and O–H groups in total. The van der Waals surface area contributed by atoms with Gasteiger partial charge >= 0.3 is 0 Å². The number of piperidine rings is 1. The Morgan fingerprint density at radius 3 is 2.90 bits per heavy atom. The summed E-state index contributed by atoms with van der Waals surface area (Å²) in [5.74, 6) is -0.635. The fourth-order valence-electron chi connectivity index (χ4n) is 2.61. The summed E-state index contributed by atoms with van der Waals surface area (Å²) in [5, 5.41) is 5.89. The van der Waals surface area contributed by atoms with Gasteiger partial charge in [-0.3, -0.25) is 19.8 Å². The number of H-pyrrole nitrogens is 1. The third kappa shape index (κ3) is 4.99. The Balaban J connectivity index is 1.77. The maximum absolute atomic E-state index is 12.0. The van der Waals surface area contributed by atoms with Crippen molar-refractivity contribution in [1.29, 1.82) is 0 Å². The number of hydrogen-bond donors (Lipinski definition) is 3. The van der Waals surface area contributed by atoms with Crippen LogP contribution in [0, 0.1) is 0 Å². The van der Waals surface area contributed by atoms with Gasteiger partial charge in [-0.15, -0.1) is 0 Å². The van der Waals surface area contributed by atoms with Crippen molar-refractivity contribution in [1.82, 2.24) is 20.5 Å². The van der Waals surface area contributed by atoms with Crippen molar-refractivity contribution in [2.45, 2.75) is 32.2 Å². The van der Waals surface area contributed by atoms with Gasteiger partial charge in [0.2, 0.25) is 5.91 Å². The first-order valence-corrected chi connectivity index (χ1v) is 7.62. The van der Waals surface area contributed by atoms with Crippen LogP contribution in [-0.4, -0.2) is 53.9 Å². The second-order valence-corrected chi connectivity index (χ2v) is 5.44. The number of carbonyl (C=O) groups is 2. The number of nitrogens with one attached hydrogen (secondary N) is 3. The first-order chi connectivity index (χ1) is 10.2. The molecule has 0 saturated carbocycles. The first-order valence-electron chi connectivity index (χ1n) is 7.62.